The maximum Gasteiger partial charge on any atom is 0.0669 e. The van der Waals surface area contributed by atoms with E-state index in [-0.39, 0.29) is 0 Å². The third-order valence-corrected chi connectivity index (χ3v) is 4.66. The van der Waals surface area contributed by atoms with Crippen molar-refractivity contribution in [1.29, 1.82) is 5.26 Å². The summed E-state index contributed by atoms with van der Waals surface area (Å²) in [5, 5.41) is 9.05. The molecule has 17 heavy (non-hydrogen) atoms. The molecule has 0 aromatic rings. The minimum atomic E-state index is 0.627. The number of nitriles is 1. The maximum absolute atomic E-state index is 9.05. The van der Waals surface area contributed by atoms with Gasteiger partial charge in [-0.05, 0) is 68.1 Å². The highest BCUT2D eigenvalue weighted by atomic mass is 14.5. The van der Waals surface area contributed by atoms with Crippen LogP contribution in [0.15, 0.2) is 33.9 Å². The van der Waals surface area contributed by atoms with Crippen molar-refractivity contribution < 1.29 is 0 Å². The van der Waals surface area contributed by atoms with Crippen molar-refractivity contribution in [2.45, 2.75) is 46.0 Å². The molecule has 0 N–H and O–H groups in total. The summed E-state index contributed by atoms with van der Waals surface area (Å²) >= 11 is 0. The summed E-state index contributed by atoms with van der Waals surface area (Å²) in [5.41, 5.74) is 7.53. The second-order valence-corrected chi connectivity index (χ2v) is 5.74. The van der Waals surface area contributed by atoms with Crippen molar-refractivity contribution in [3.05, 3.63) is 33.9 Å². The number of hydrogen-bond acceptors (Lipinski definition) is 1. The monoisotopic (exact) mass is 225 g/mol. The first kappa shape index (κ1) is 10.8. The quantitative estimate of drug-likeness (QED) is 0.653. The zero-order valence-electron chi connectivity index (χ0n) is 10.7. The molecule has 0 saturated heterocycles. The molecule has 3 aliphatic carbocycles. The van der Waals surface area contributed by atoms with E-state index >= 15 is 0 Å². The first-order valence-electron chi connectivity index (χ1n) is 6.69. The summed E-state index contributed by atoms with van der Waals surface area (Å²) in [6.45, 7) is 4.47. The van der Waals surface area contributed by atoms with E-state index in [1.807, 2.05) is 0 Å². The Morgan fingerprint density at radius 2 is 2.18 bits per heavy atom. The maximum atomic E-state index is 9.05. The van der Waals surface area contributed by atoms with Crippen LogP contribution in [0, 0.1) is 23.2 Å². The molecule has 0 radical (unpaired) electrons. The molecule has 0 aromatic carbocycles. The number of rotatable bonds is 1. The first-order valence-corrected chi connectivity index (χ1v) is 6.69. The van der Waals surface area contributed by atoms with Gasteiger partial charge in [-0.25, -0.2) is 0 Å². The first-order chi connectivity index (χ1) is 8.22. The Hall–Kier alpha value is -1.29. The van der Waals surface area contributed by atoms with E-state index in [4.69, 9.17) is 5.26 Å². The lowest BCUT2D eigenvalue weighted by Gasteiger charge is -2.26. The molecular weight excluding hydrogens is 206 g/mol. The SMILES string of the molecule is CC1=CC(C)=C2C(CC#N)=C3CCCC3C2C1. The average molecular weight is 225 g/mol. The topological polar surface area (TPSA) is 23.8 Å². The normalized spacial score (nSPS) is 31.2. The zero-order valence-corrected chi connectivity index (χ0v) is 10.7. The number of hydrogen-bond donors (Lipinski definition) is 0. The van der Waals surface area contributed by atoms with Crippen LogP contribution in [0.1, 0.15) is 46.0 Å². The molecule has 3 aliphatic rings. The van der Waals surface area contributed by atoms with Crippen LogP contribution in [-0.4, -0.2) is 0 Å². The summed E-state index contributed by atoms with van der Waals surface area (Å²) in [6, 6.07) is 2.37. The fourth-order valence-corrected chi connectivity index (χ4v) is 4.20. The number of fused-ring (bicyclic) bond motifs is 3. The Balaban J connectivity index is 2.12. The lowest BCUT2D eigenvalue weighted by molar-refractivity contribution is 0.456. The smallest absolute Gasteiger partial charge is 0.0669 e. The summed E-state index contributed by atoms with van der Waals surface area (Å²) in [4.78, 5) is 0. The van der Waals surface area contributed by atoms with E-state index in [0.29, 0.717) is 12.3 Å². The lowest BCUT2D eigenvalue weighted by Crippen LogP contribution is -2.14. The van der Waals surface area contributed by atoms with Crippen molar-refractivity contribution in [1.82, 2.24) is 0 Å². The molecule has 0 bridgehead atoms. The molecule has 3 rings (SSSR count). The van der Waals surface area contributed by atoms with Crippen molar-refractivity contribution in [2.24, 2.45) is 11.8 Å². The minimum Gasteiger partial charge on any atom is -0.198 e. The Bertz CT molecular complexity index is 496. The highest BCUT2D eigenvalue weighted by Gasteiger charge is 2.42. The van der Waals surface area contributed by atoms with Gasteiger partial charge in [0.25, 0.3) is 0 Å². The Morgan fingerprint density at radius 3 is 2.94 bits per heavy atom. The van der Waals surface area contributed by atoms with E-state index in [1.54, 1.807) is 5.57 Å². The van der Waals surface area contributed by atoms with Gasteiger partial charge in [0.05, 0.1) is 12.5 Å². The molecule has 88 valence electrons. The van der Waals surface area contributed by atoms with Crippen LogP contribution >= 0.6 is 0 Å². The third-order valence-electron chi connectivity index (χ3n) is 4.66. The van der Waals surface area contributed by atoms with Gasteiger partial charge in [0.15, 0.2) is 0 Å². The van der Waals surface area contributed by atoms with Crippen LogP contribution < -0.4 is 0 Å². The standard InChI is InChI=1S/C16H19N/c1-10-8-11(2)16-14(6-7-17)12-4-3-5-13(12)15(16)9-10/h8,13,15H,3-6,9H2,1-2H3. The Kier molecular flexibility index (Phi) is 2.47. The molecular formula is C16H19N. The highest BCUT2D eigenvalue weighted by molar-refractivity contribution is 5.54. The number of allylic oxidation sites excluding steroid dienone is 6. The highest BCUT2D eigenvalue weighted by Crippen LogP contribution is 2.55. The predicted octanol–water partition coefficient (Wildman–Crippen LogP) is 4.29. The van der Waals surface area contributed by atoms with Gasteiger partial charge in [0, 0.05) is 0 Å². The largest absolute Gasteiger partial charge is 0.198 e. The van der Waals surface area contributed by atoms with E-state index in [2.05, 4.69) is 26.0 Å². The third kappa shape index (κ3) is 1.51. The number of nitrogens with zero attached hydrogens (tertiary/aromatic N) is 1. The van der Waals surface area contributed by atoms with E-state index in [1.165, 1.54) is 48.0 Å². The van der Waals surface area contributed by atoms with E-state index in [9.17, 15) is 0 Å². The molecule has 0 aromatic heterocycles. The van der Waals surface area contributed by atoms with Gasteiger partial charge in [-0.1, -0.05) is 17.2 Å². The average Bonchev–Trinajstić information content (AvgIpc) is 2.82. The Morgan fingerprint density at radius 1 is 1.35 bits per heavy atom. The van der Waals surface area contributed by atoms with Crippen LogP contribution in [0.2, 0.25) is 0 Å². The molecule has 0 heterocycles. The zero-order chi connectivity index (χ0) is 12.0. The van der Waals surface area contributed by atoms with Gasteiger partial charge in [-0.2, -0.15) is 5.26 Å². The molecule has 2 atom stereocenters. The fourth-order valence-electron chi connectivity index (χ4n) is 4.20. The van der Waals surface area contributed by atoms with Gasteiger partial charge in [0.2, 0.25) is 0 Å². The molecule has 1 fully saturated rings. The summed E-state index contributed by atoms with van der Waals surface area (Å²) < 4.78 is 0. The van der Waals surface area contributed by atoms with Crippen molar-refractivity contribution in [3.8, 4) is 6.07 Å². The van der Waals surface area contributed by atoms with Crippen molar-refractivity contribution in [2.75, 3.05) is 0 Å². The minimum absolute atomic E-state index is 0.627. The summed E-state index contributed by atoms with van der Waals surface area (Å²) in [7, 11) is 0. The van der Waals surface area contributed by atoms with E-state index < -0.39 is 0 Å². The van der Waals surface area contributed by atoms with Crippen molar-refractivity contribution >= 4 is 0 Å². The fraction of sp³-hybridized carbons (Fsp3) is 0.562. The molecule has 0 spiro atoms. The molecule has 2 unspecified atom stereocenters. The molecule has 0 amide bonds. The van der Waals surface area contributed by atoms with Gasteiger partial charge in [-0.15, -0.1) is 0 Å². The van der Waals surface area contributed by atoms with Gasteiger partial charge >= 0.3 is 0 Å². The molecule has 0 aliphatic heterocycles. The Labute approximate surface area is 104 Å². The second-order valence-electron chi connectivity index (χ2n) is 5.74. The molecule has 1 saturated carbocycles. The van der Waals surface area contributed by atoms with Crippen LogP contribution in [0.25, 0.3) is 0 Å². The molecule has 1 heteroatoms. The lowest BCUT2D eigenvalue weighted by atomic mass is 9.78. The second kappa shape index (κ2) is 3.88. The predicted molar refractivity (Wildman–Crippen MR) is 69.2 cm³/mol. The summed E-state index contributed by atoms with van der Waals surface area (Å²) in [5.74, 6) is 1.48. The van der Waals surface area contributed by atoms with Crippen molar-refractivity contribution in [3.63, 3.8) is 0 Å². The van der Waals surface area contributed by atoms with Crippen LogP contribution in [0.5, 0.6) is 0 Å². The van der Waals surface area contributed by atoms with Gasteiger partial charge in [-0.3, -0.25) is 0 Å². The van der Waals surface area contributed by atoms with Gasteiger partial charge < -0.3 is 0 Å². The van der Waals surface area contributed by atoms with Gasteiger partial charge in [0.1, 0.15) is 0 Å². The van der Waals surface area contributed by atoms with Crippen LogP contribution in [0.3, 0.4) is 0 Å². The van der Waals surface area contributed by atoms with Crippen LogP contribution in [-0.2, 0) is 0 Å². The van der Waals surface area contributed by atoms with E-state index in [0.717, 1.165) is 5.92 Å². The molecule has 1 nitrogen and oxygen atoms in total. The van der Waals surface area contributed by atoms with Crippen LogP contribution in [0.4, 0.5) is 0 Å². The summed E-state index contributed by atoms with van der Waals surface area (Å²) in [6.07, 6.45) is 8.09.